The van der Waals surface area contributed by atoms with Crippen LogP contribution in [0.25, 0.3) is 0 Å². The molecule has 2 nitrogen and oxygen atoms in total. The molecule has 0 aromatic heterocycles. The zero-order valence-electron chi connectivity index (χ0n) is 10.3. The third-order valence-electron chi connectivity index (χ3n) is 4.15. The number of hydrogen-bond donors (Lipinski definition) is 0. The molecule has 1 aromatic carbocycles. The Bertz CT molecular complexity index is 390. The number of likely N-dealkylation sites (tertiary alicyclic amines) is 1. The highest BCUT2D eigenvalue weighted by molar-refractivity contribution is 9.08. The lowest BCUT2D eigenvalue weighted by Gasteiger charge is -2.26. The summed E-state index contributed by atoms with van der Waals surface area (Å²) in [6, 6.07) is 9.76. The van der Waals surface area contributed by atoms with Gasteiger partial charge < -0.3 is 9.80 Å². The van der Waals surface area contributed by atoms with Gasteiger partial charge in [-0.05, 0) is 37.1 Å². The van der Waals surface area contributed by atoms with Gasteiger partial charge in [0.15, 0.2) is 0 Å². The van der Waals surface area contributed by atoms with Crippen LogP contribution in [0.1, 0.15) is 12.0 Å². The van der Waals surface area contributed by atoms with E-state index < -0.39 is 0 Å². The average molecular weight is 295 g/mol. The van der Waals surface area contributed by atoms with Crippen LogP contribution in [0.4, 0.5) is 5.69 Å². The molecule has 2 aliphatic heterocycles. The van der Waals surface area contributed by atoms with Crippen molar-refractivity contribution >= 4 is 21.6 Å². The van der Waals surface area contributed by atoms with Crippen molar-refractivity contribution in [1.29, 1.82) is 0 Å². The molecule has 2 aliphatic rings. The Hall–Kier alpha value is -0.540. The molecule has 0 unspecified atom stereocenters. The van der Waals surface area contributed by atoms with Gasteiger partial charge in [-0.25, -0.2) is 0 Å². The summed E-state index contributed by atoms with van der Waals surface area (Å²) in [5.41, 5.74) is 2.76. The monoisotopic (exact) mass is 294 g/mol. The van der Waals surface area contributed by atoms with Crippen LogP contribution in [0.3, 0.4) is 0 Å². The molecule has 0 radical (unpaired) electrons. The van der Waals surface area contributed by atoms with E-state index in [4.69, 9.17) is 0 Å². The van der Waals surface area contributed by atoms with E-state index in [1.165, 1.54) is 37.3 Å². The first-order chi connectivity index (χ1) is 8.28. The van der Waals surface area contributed by atoms with Crippen LogP contribution in [0.2, 0.25) is 0 Å². The van der Waals surface area contributed by atoms with Crippen LogP contribution in [0.15, 0.2) is 24.3 Å². The predicted octanol–water partition coefficient (Wildman–Crippen LogP) is 2.72. The first-order valence-corrected chi connectivity index (χ1v) is 7.50. The second kappa shape index (κ2) is 4.62. The second-order valence-corrected chi connectivity index (χ2v) is 5.89. The zero-order valence-corrected chi connectivity index (χ0v) is 11.9. The fourth-order valence-electron chi connectivity index (χ4n) is 3.27. The summed E-state index contributed by atoms with van der Waals surface area (Å²) in [6.45, 7) is 3.74. The maximum atomic E-state index is 3.50. The minimum Gasteiger partial charge on any atom is -0.367 e. The predicted molar refractivity (Wildman–Crippen MR) is 75.8 cm³/mol. The molecule has 0 bridgehead atoms. The van der Waals surface area contributed by atoms with E-state index in [0.29, 0.717) is 0 Å². The summed E-state index contributed by atoms with van der Waals surface area (Å²) in [5, 5.41) is 0.946. The Balaban J connectivity index is 1.79. The summed E-state index contributed by atoms with van der Waals surface area (Å²) in [6.07, 6.45) is 1.36. The number of hydrogen-bond acceptors (Lipinski definition) is 2. The van der Waals surface area contributed by atoms with E-state index in [0.717, 1.165) is 17.3 Å². The molecule has 2 heterocycles. The molecule has 2 fully saturated rings. The zero-order chi connectivity index (χ0) is 11.8. The molecule has 2 atom stereocenters. The van der Waals surface area contributed by atoms with Gasteiger partial charge in [-0.1, -0.05) is 28.1 Å². The SMILES string of the molecule is CN1C[C@H]2CCN(c3ccc(CBr)cc3)[C@H]2C1. The Morgan fingerprint density at radius 1 is 1.24 bits per heavy atom. The molecule has 92 valence electrons. The molecular formula is C14H19BrN2. The quantitative estimate of drug-likeness (QED) is 0.774. The Morgan fingerprint density at radius 2 is 2.00 bits per heavy atom. The van der Waals surface area contributed by atoms with Crippen molar-refractivity contribution in [3.8, 4) is 0 Å². The number of likely N-dealkylation sites (N-methyl/N-ethyl adjacent to an activating group) is 1. The highest BCUT2D eigenvalue weighted by atomic mass is 79.9. The molecule has 0 saturated carbocycles. The number of anilines is 1. The molecule has 3 heteroatoms. The van der Waals surface area contributed by atoms with Crippen LogP contribution in [-0.2, 0) is 5.33 Å². The van der Waals surface area contributed by atoms with Gasteiger partial charge in [0.2, 0.25) is 0 Å². The highest BCUT2D eigenvalue weighted by Gasteiger charge is 2.39. The molecular weight excluding hydrogens is 276 g/mol. The van der Waals surface area contributed by atoms with E-state index in [1.807, 2.05) is 0 Å². The normalized spacial score (nSPS) is 28.7. The molecule has 0 amide bonds. The summed E-state index contributed by atoms with van der Waals surface area (Å²) >= 11 is 3.50. The lowest BCUT2D eigenvalue weighted by atomic mass is 10.0. The number of rotatable bonds is 2. The Labute approximate surface area is 112 Å². The lowest BCUT2D eigenvalue weighted by Crippen LogP contribution is -2.34. The second-order valence-electron chi connectivity index (χ2n) is 5.33. The van der Waals surface area contributed by atoms with Gasteiger partial charge in [-0.3, -0.25) is 0 Å². The molecule has 0 spiro atoms. The maximum absolute atomic E-state index is 3.50. The van der Waals surface area contributed by atoms with Gasteiger partial charge in [-0.15, -0.1) is 0 Å². The van der Waals surface area contributed by atoms with Gasteiger partial charge >= 0.3 is 0 Å². The number of fused-ring (bicyclic) bond motifs is 1. The minimum atomic E-state index is 0.745. The average Bonchev–Trinajstić information content (AvgIpc) is 2.88. The molecule has 1 aromatic rings. The lowest BCUT2D eigenvalue weighted by molar-refractivity contribution is 0.386. The molecule has 17 heavy (non-hydrogen) atoms. The van der Waals surface area contributed by atoms with Crippen molar-refractivity contribution in [3.05, 3.63) is 29.8 Å². The first-order valence-electron chi connectivity index (χ1n) is 6.38. The van der Waals surface area contributed by atoms with Crippen LogP contribution in [0.5, 0.6) is 0 Å². The Kier molecular flexibility index (Phi) is 3.14. The number of benzene rings is 1. The van der Waals surface area contributed by atoms with Crippen molar-refractivity contribution in [3.63, 3.8) is 0 Å². The maximum Gasteiger partial charge on any atom is 0.0457 e. The van der Waals surface area contributed by atoms with Crippen LogP contribution >= 0.6 is 15.9 Å². The van der Waals surface area contributed by atoms with E-state index in [2.05, 4.69) is 57.0 Å². The van der Waals surface area contributed by atoms with Crippen molar-refractivity contribution in [2.24, 2.45) is 5.92 Å². The summed E-state index contributed by atoms with van der Waals surface area (Å²) < 4.78 is 0. The summed E-state index contributed by atoms with van der Waals surface area (Å²) in [7, 11) is 2.24. The largest absolute Gasteiger partial charge is 0.367 e. The molecule has 0 N–H and O–H groups in total. The Morgan fingerprint density at radius 3 is 2.71 bits per heavy atom. The van der Waals surface area contributed by atoms with Gasteiger partial charge in [0.1, 0.15) is 0 Å². The fraction of sp³-hybridized carbons (Fsp3) is 0.571. The molecule has 0 aliphatic carbocycles. The smallest absolute Gasteiger partial charge is 0.0457 e. The van der Waals surface area contributed by atoms with Crippen LogP contribution < -0.4 is 4.90 Å². The van der Waals surface area contributed by atoms with E-state index in [-0.39, 0.29) is 0 Å². The third-order valence-corrected chi connectivity index (χ3v) is 4.80. The highest BCUT2D eigenvalue weighted by Crippen LogP contribution is 2.34. The van der Waals surface area contributed by atoms with Crippen LogP contribution in [0, 0.1) is 5.92 Å². The van der Waals surface area contributed by atoms with Gasteiger partial charge in [0.25, 0.3) is 0 Å². The number of alkyl halides is 1. The first kappa shape index (κ1) is 11.5. The van der Waals surface area contributed by atoms with Gasteiger partial charge in [0, 0.05) is 36.7 Å². The topological polar surface area (TPSA) is 6.48 Å². The molecule has 2 saturated heterocycles. The van der Waals surface area contributed by atoms with Crippen molar-refractivity contribution < 1.29 is 0 Å². The van der Waals surface area contributed by atoms with Crippen molar-refractivity contribution in [2.45, 2.75) is 17.8 Å². The van der Waals surface area contributed by atoms with Crippen molar-refractivity contribution in [1.82, 2.24) is 4.90 Å². The summed E-state index contributed by atoms with van der Waals surface area (Å²) in [5.74, 6) is 0.885. The van der Waals surface area contributed by atoms with E-state index in [9.17, 15) is 0 Å². The standard InChI is InChI=1S/C14H19BrN2/c1-16-9-12-6-7-17(14(12)10-16)13-4-2-11(8-15)3-5-13/h2-5,12,14H,6-10H2,1H3/t12-,14+/m1/s1. The third kappa shape index (κ3) is 2.11. The minimum absolute atomic E-state index is 0.745. The van der Waals surface area contributed by atoms with Crippen LogP contribution in [-0.4, -0.2) is 37.6 Å². The number of halogens is 1. The van der Waals surface area contributed by atoms with Crippen molar-refractivity contribution in [2.75, 3.05) is 31.6 Å². The van der Waals surface area contributed by atoms with Gasteiger partial charge in [-0.2, -0.15) is 0 Å². The molecule has 3 rings (SSSR count). The van der Waals surface area contributed by atoms with Gasteiger partial charge in [0.05, 0.1) is 0 Å². The summed E-state index contributed by atoms with van der Waals surface area (Å²) in [4.78, 5) is 5.07. The fourth-order valence-corrected chi connectivity index (χ4v) is 3.64. The van der Waals surface area contributed by atoms with E-state index in [1.54, 1.807) is 0 Å². The van der Waals surface area contributed by atoms with E-state index >= 15 is 0 Å². The number of nitrogens with zero attached hydrogens (tertiary/aromatic N) is 2.